The van der Waals surface area contributed by atoms with Crippen LogP contribution in [0, 0.1) is 0 Å². The highest BCUT2D eigenvalue weighted by atomic mass is 17.1. The van der Waals surface area contributed by atoms with Crippen molar-refractivity contribution in [3.05, 3.63) is 0 Å². The average molecular weight is 695 g/mol. The van der Waals surface area contributed by atoms with Crippen molar-refractivity contribution in [2.75, 3.05) is 33.0 Å². The zero-order chi connectivity index (χ0) is 34.2. The van der Waals surface area contributed by atoms with E-state index in [0.717, 1.165) is 0 Å². The van der Waals surface area contributed by atoms with Gasteiger partial charge in [0.05, 0.1) is 33.0 Å². The molecule has 5 saturated heterocycles. The zero-order valence-corrected chi connectivity index (χ0v) is 24.5. The second-order valence-electron chi connectivity index (χ2n) is 11.8. The Morgan fingerprint density at radius 1 is 0.319 bits per heavy atom. The molecule has 0 radical (unpaired) electrons. The molecule has 0 spiro atoms. The van der Waals surface area contributed by atoms with Crippen molar-refractivity contribution in [3.8, 4) is 0 Å². The normalized spacial score (nSPS) is 53.1. The molecule has 274 valence electrons. The molecule has 22 heteroatoms. The quantitative estimate of drug-likeness (QED) is 0.0787. The van der Waals surface area contributed by atoms with Crippen LogP contribution in [0.15, 0.2) is 0 Å². The summed E-state index contributed by atoms with van der Waals surface area (Å²) in [4.78, 5) is 4.01. The van der Waals surface area contributed by atoms with E-state index in [1.54, 1.807) is 0 Å². The van der Waals surface area contributed by atoms with Crippen LogP contribution in [0.25, 0.3) is 0 Å². The summed E-state index contributed by atoms with van der Waals surface area (Å²) in [6.07, 6.45) is -31.0. The maximum Gasteiger partial charge on any atom is 0.186 e. The van der Waals surface area contributed by atoms with Crippen LogP contribution in [0.2, 0.25) is 0 Å². The van der Waals surface area contributed by atoms with Crippen molar-refractivity contribution in [3.63, 3.8) is 0 Å². The molecule has 5 aliphatic heterocycles. The number of aliphatic hydroxyl groups excluding tert-OH is 11. The van der Waals surface area contributed by atoms with Crippen LogP contribution in [0.1, 0.15) is 0 Å². The summed E-state index contributed by atoms with van der Waals surface area (Å²) in [6.45, 7) is -1.97. The fourth-order valence-electron chi connectivity index (χ4n) is 5.59. The molecular weight excluding hydrogens is 652 g/mol. The van der Waals surface area contributed by atoms with Gasteiger partial charge in [-0.3, -0.25) is 5.26 Å². The summed E-state index contributed by atoms with van der Waals surface area (Å²) >= 11 is 0. The lowest BCUT2D eigenvalue weighted by atomic mass is 10.0. The van der Waals surface area contributed by atoms with Gasteiger partial charge < -0.3 is 98.8 Å². The molecule has 5 aliphatic rings. The molecule has 0 bridgehead atoms. The maximum absolute atomic E-state index is 10.7. The van der Waals surface area contributed by atoms with Crippen LogP contribution in [0.4, 0.5) is 0 Å². The Labute approximate surface area is 265 Å². The van der Waals surface area contributed by atoms with Gasteiger partial charge in [0.15, 0.2) is 31.5 Å². The Kier molecular flexibility index (Phi) is 12.7. The zero-order valence-electron chi connectivity index (χ0n) is 24.5. The van der Waals surface area contributed by atoms with E-state index in [4.69, 9.17) is 47.9 Å². The molecule has 22 nitrogen and oxygen atoms in total. The summed E-state index contributed by atoms with van der Waals surface area (Å²) in [7, 11) is 0. The minimum absolute atomic E-state index is 0.352. The summed E-state index contributed by atoms with van der Waals surface area (Å²) in [5, 5.41) is 122. The number of aliphatic hydroxyl groups is 11. The van der Waals surface area contributed by atoms with E-state index in [1.807, 2.05) is 0 Å². The molecular formula is C25H42O22. The molecule has 5 rings (SSSR count). The average Bonchev–Trinajstić information content (AvgIpc) is 3.05. The lowest BCUT2D eigenvalue weighted by Crippen LogP contribution is -2.63. The second-order valence-corrected chi connectivity index (χ2v) is 11.8. The molecule has 0 unspecified atom stereocenters. The van der Waals surface area contributed by atoms with Gasteiger partial charge in [0.2, 0.25) is 0 Å². The van der Waals surface area contributed by atoms with E-state index in [2.05, 4.69) is 4.89 Å². The highest BCUT2D eigenvalue weighted by Crippen LogP contribution is 2.30. The summed E-state index contributed by atoms with van der Waals surface area (Å²) in [5.74, 6) is 0. The standard InChI is InChI=1S/C25H42O22/c26-11-6(1-38-21(36)16(11)31)43-22-17(32)12(27)7(2-39-22)44-23-18(33)13(28)8(3-40-23)45-24-19(34)14(29)9(4-41-24)46-25-20(35)15(30)10(47-37)5-42-25/h6-37H,1-5H2/t6-,7-,8-,9-,10-,11+,12+,13+,14+,15+,16-,17-,18-,19-,20-,21-,22+,23+,24+,25+/m1/s1. The minimum atomic E-state index is -1.79. The van der Waals surface area contributed by atoms with Crippen LogP contribution in [0.5, 0.6) is 0 Å². The Bertz CT molecular complexity index is 981. The van der Waals surface area contributed by atoms with Gasteiger partial charge in [-0.05, 0) is 0 Å². The number of hydrogen-bond acceptors (Lipinski definition) is 22. The molecule has 0 aromatic rings. The molecule has 0 amide bonds. The monoisotopic (exact) mass is 694 g/mol. The molecule has 0 saturated carbocycles. The summed E-state index contributed by atoms with van der Waals surface area (Å²) in [6, 6.07) is 0. The molecule has 0 aromatic carbocycles. The Hall–Kier alpha value is -0.880. The van der Waals surface area contributed by atoms with Crippen LogP contribution in [-0.2, 0) is 47.5 Å². The van der Waals surface area contributed by atoms with Crippen LogP contribution in [-0.4, -0.2) is 217 Å². The first-order valence-electron chi connectivity index (χ1n) is 14.8. The lowest BCUT2D eigenvalue weighted by molar-refractivity contribution is -0.374. The predicted octanol–water partition coefficient (Wildman–Crippen LogP) is -8.23. The Morgan fingerprint density at radius 3 is 0.894 bits per heavy atom. The van der Waals surface area contributed by atoms with Crippen LogP contribution >= 0.6 is 0 Å². The third-order valence-electron chi connectivity index (χ3n) is 8.56. The van der Waals surface area contributed by atoms with Crippen molar-refractivity contribution in [2.24, 2.45) is 0 Å². The van der Waals surface area contributed by atoms with E-state index in [1.165, 1.54) is 0 Å². The fraction of sp³-hybridized carbons (Fsp3) is 1.00. The molecule has 47 heavy (non-hydrogen) atoms. The van der Waals surface area contributed by atoms with Crippen LogP contribution in [0.3, 0.4) is 0 Å². The molecule has 5 fully saturated rings. The van der Waals surface area contributed by atoms with E-state index < -0.39 is 143 Å². The van der Waals surface area contributed by atoms with Gasteiger partial charge in [0.25, 0.3) is 0 Å². The minimum Gasteiger partial charge on any atom is -0.387 e. The third-order valence-corrected chi connectivity index (χ3v) is 8.56. The van der Waals surface area contributed by atoms with E-state index in [0.29, 0.717) is 0 Å². The summed E-state index contributed by atoms with van der Waals surface area (Å²) in [5.41, 5.74) is 0. The first-order chi connectivity index (χ1) is 22.3. The molecule has 0 aromatic heterocycles. The largest absolute Gasteiger partial charge is 0.387 e. The van der Waals surface area contributed by atoms with Crippen molar-refractivity contribution in [1.82, 2.24) is 0 Å². The topological polar surface area (TPSA) is 335 Å². The molecule has 5 heterocycles. The van der Waals surface area contributed by atoms with Crippen molar-refractivity contribution < 1.29 is 109 Å². The van der Waals surface area contributed by atoms with Gasteiger partial charge >= 0.3 is 0 Å². The van der Waals surface area contributed by atoms with Crippen molar-refractivity contribution >= 4 is 0 Å². The first kappa shape index (κ1) is 37.4. The number of ether oxygens (including phenoxy) is 9. The van der Waals surface area contributed by atoms with Gasteiger partial charge in [-0.1, -0.05) is 0 Å². The lowest BCUT2D eigenvalue weighted by Gasteiger charge is -2.45. The summed E-state index contributed by atoms with van der Waals surface area (Å²) < 4.78 is 48.3. The fourth-order valence-corrected chi connectivity index (χ4v) is 5.59. The van der Waals surface area contributed by atoms with Crippen LogP contribution < -0.4 is 0 Å². The highest BCUT2D eigenvalue weighted by Gasteiger charge is 2.50. The van der Waals surface area contributed by atoms with Crippen molar-refractivity contribution in [2.45, 2.75) is 123 Å². The Morgan fingerprint density at radius 2 is 0.574 bits per heavy atom. The van der Waals surface area contributed by atoms with Gasteiger partial charge in [-0.2, -0.15) is 0 Å². The van der Waals surface area contributed by atoms with E-state index >= 15 is 0 Å². The molecule has 0 aliphatic carbocycles. The highest BCUT2D eigenvalue weighted by molar-refractivity contribution is 4.92. The van der Waals surface area contributed by atoms with E-state index in [9.17, 15) is 56.2 Å². The maximum atomic E-state index is 10.7. The smallest absolute Gasteiger partial charge is 0.186 e. The third kappa shape index (κ3) is 8.04. The van der Waals surface area contributed by atoms with Gasteiger partial charge in [0.1, 0.15) is 91.6 Å². The SMILES string of the molecule is OO[C@@H]1CO[C@@H](O[C@@H]2CO[C@@H](O[C@@H]3CO[C@@H](O[C@@H]4CO[C@@H](O[C@@H]5CO[C@@H](O)[C@H](O)[C@H]5O)[C@H](O)[C@H]4O)[C@H](O)[C@H]3O)[C@H](O)[C@H]2O)[C@H](O)[C@H]1O. The van der Waals surface area contributed by atoms with Gasteiger partial charge in [-0.15, -0.1) is 0 Å². The number of hydrogen-bond donors (Lipinski definition) is 12. The van der Waals surface area contributed by atoms with Gasteiger partial charge in [0, 0.05) is 0 Å². The second kappa shape index (κ2) is 16.0. The predicted molar refractivity (Wildman–Crippen MR) is 138 cm³/mol. The Balaban J connectivity index is 1.08. The van der Waals surface area contributed by atoms with Crippen molar-refractivity contribution in [1.29, 1.82) is 0 Å². The first-order valence-corrected chi connectivity index (χ1v) is 14.8. The van der Waals surface area contributed by atoms with Gasteiger partial charge in [-0.25, -0.2) is 4.89 Å². The molecule has 20 atom stereocenters. The molecule has 12 N–H and O–H groups in total. The number of rotatable bonds is 9. The van der Waals surface area contributed by atoms with E-state index in [-0.39, 0.29) is 13.2 Å².